The van der Waals surface area contributed by atoms with Crippen LogP contribution >= 0.6 is 46.7 Å². The topological polar surface area (TPSA) is 143 Å². The third-order valence-corrected chi connectivity index (χ3v) is 8.97. The Balaban J connectivity index is 2.44. The van der Waals surface area contributed by atoms with E-state index in [1.807, 2.05) is 0 Å². The predicted octanol–water partition coefficient (Wildman–Crippen LogP) is -1.29. The van der Waals surface area contributed by atoms with E-state index >= 15 is 0 Å². The molecule has 0 bridgehead atoms. The zero-order chi connectivity index (χ0) is 26.7. The molecule has 1 aliphatic heterocycles. The van der Waals surface area contributed by atoms with Crippen molar-refractivity contribution >= 4 is 85.8 Å². The molecule has 192 valence electrons. The summed E-state index contributed by atoms with van der Waals surface area (Å²) in [4.78, 5) is 76.3. The molecule has 36 heavy (non-hydrogen) atoms. The Morgan fingerprint density at radius 3 is 1.89 bits per heavy atom. The summed E-state index contributed by atoms with van der Waals surface area (Å²) in [6.45, 7) is 0.237. The number of aromatic nitrogens is 2. The van der Waals surface area contributed by atoms with Crippen LogP contribution in [0.25, 0.3) is 11.0 Å². The highest BCUT2D eigenvalue weighted by Crippen LogP contribution is 2.31. The number of rotatable bonds is 6. The first-order valence-electron chi connectivity index (χ1n) is 9.96. The third kappa shape index (κ3) is 5.21. The number of methoxy groups -OCH3 is 3. The normalized spacial score (nSPS) is 16.4. The average molecular weight is 574 g/mol. The minimum absolute atomic E-state index is 0.0156. The van der Waals surface area contributed by atoms with Gasteiger partial charge in [-0.1, -0.05) is 30.1 Å². The van der Waals surface area contributed by atoms with Crippen LogP contribution in [0.15, 0.2) is 9.59 Å². The van der Waals surface area contributed by atoms with E-state index in [0.29, 0.717) is 0 Å². The number of thiocarbonyl (C=S) groups is 1. The Kier molecular flexibility index (Phi) is 8.65. The van der Waals surface area contributed by atoms with E-state index < -0.39 is 54.6 Å². The lowest BCUT2D eigenvalue weighted by atomic mass is 10.4. The van der Waals surface area contributed by atoms with Gasteiger partial charge in [-0.3, -0.25) is 42.8 Å². The molecule has 1 fully saturated rings. The molecule has 1 aliphatic rings. The molecule has 12 nitrogen and oxygen atoms in total. The van der Waals surface area contributed by atoms with Crippen LogP contribution in [0.1, 0.15) is 6.92 Å². The highest BCUT2D eigenvalue weighted by molar-refractivity contribution is 8.30. The van der Waals surface area contributed by atoms with Gasteiger partial charge in [0.2, 0.25) is 0 Å². The maximum absolute atomic E-state index is 13.5. The SMILES string of the molecule is C/C=c1/s/c(=c2\s/c(=C3\SC(=S)N(CC(=O)OC)C3=O)n(CC(=O)OC)c2=O)n(CC(=O)OC)c1=O. The minimum Gasteiger partial charge on any atom is -0.468 e. The second-order valence-electron chi connectivity index (χ2n) is 6.90. The summed E-state index contributed by atoms with van der Waals surface area (Å²) in [5, 5.41) is 0. The fourth-order valence-electron chi connectivity index (χ4n) is 3.02. The smallest absolute Gasteiger partial charge is 0.325 e. The van der Waals surface area contributed by atoms with Crippen LogP contribution < -0.4 is 20.3 Å². The molecular weight excluding hydrogens is 555 g/mol. The first kappa shape index (κ1) is 27.5. The zero-order valence-electron chi connectivity index (χ0n) is 19.3. The number of carbonyl (C=O) groups is 4. The van der Waals surface area contributed by atoms with Crippen molar-refractivity contribution in [2.75, 3.05) is 27.9 Å². The van der Waals surface area contributed by atoms with Crippen molar-refractivity contribution in [2.45, 2.75) is 20.0 Å². The molecule has 0 saturated carbocycles. The van der Waals surface area contributed by atoms with Crippen molar-refractivity contribution < 1.29 is 33.4 Å². The van der Waals surface area contributed by atoms with E-state index in [1.54, 1.807) is 13.0 Å². The van der Waals surface area contributed by atoms with Gasteiger partial charge in [-0.15, -0.1) is 22.7 Å². The largest absolute Gasteiger partial charge is 0.468 e. The number of esters is 3. The molecule has 2 aromatic heterocycles. The summed E-state index contributed by atoms with van der Waals surface area (Å²) in [5.74, 6) is -2.80. The van der Waals surface area contributed by atoms with Gasteiger partial charge in [0.1, 0.15) is 42.7 Å². The molecule has 0 spiro atoms. The van der Waals surface area contributed by atoms with Crippen LogP contribution in [0.2, 0.25) is 0 Å². The van der Waals surface area contributed by atoms with Crippen molar-refractivity contribution in [3.8, 4) is 0 Å². The van der Waals surface area contributed by atoms with Gasteiger partial charge in [0.05, 0.1) is 25.9 Å². The van der Waals surface area contributed by atoms with Crippen molar-refractivity contribution in [3.63, 3.8) is 0 Å². The highest BCUT2D eigenvalue weighted by atomic mass is 32.2. The van der Waals surface area contributed by atoms with Gasteiger partial charge in [0.25, 0.3) is 17.0 Å². The van der Waals surface area contributed by atoms with E-state index in [4.69, 9.17) is 17.0 Å². The third-order valence-electron chi connectivity index (χ3n) is 4.84. The first-order chi connectivity index (χ1) is 17.1. The molecule has 1 saturated heterocycles. The Hall–Kier alpha value is -3.08. The minimum atomic E-state index is -0.756. The Labute approximate surface area is 219 Å². The number of hydrogen-bond acceptors (Lipinski definition) is 13. The summed E-state index contributed by atoms with van der Waals surface area (Å²) in [6, 6.07) is 0. The van der Waals surface area contributed by atoms with Gasteiger partial charge in [-0.2, -0.15) is 0 Å². The maximum Gasteiger partial charge on any atom is 0.325 e. The number of thioether (sulfide) groups is 1. The lowest BCUT2D eigenvalue weighted by Gasteiger charge is -2.11. The van der Waals surface area contributed by atoms with Crippen LogP contribution in [0.3, 0.4) is 0 Å². The molecule has 0 radical (unpaired) electrons. The van der Waals surface area contributed by atoms with Gasteiger partial charge in [0.15, 0.2) is 0 Å². The van der Waals surface area contributed by atoms with E-state index in [-0.39, 0.29) is 27.6 Å². The fourth-order valence-corrected chi connectivity index (χ4v) is 6.74. The van der Waals surface area contributed by atoms with Crippen LogP contribution in [0.4, 0.5) is 0 Å². The van der Waals surface area contributed by atoms with Crippen LogP contribution in [-0.2, 0) is 46.5 Å². The van der Waals surface area contributed by atoms with Crippen molar-refractivity contribution in [1.82, 2.24) is 14.0 Å². The van der Waals surface area contributed by atoms with Gasteiger partial charge in [0, 0.05) is 0 Å². The van der Waals surface area contributed by atoms with E-state index in [1.165, 1.54) is 14.2 Å². The van der Waals surface area contributed by atoms with Crippen LogP contribution in [-0.4, -0.2) is 70.0 Å². The fraction of sp³-hybridized carbons (Fsp3) is 0.350. The Morgan fingerprint density at radius 1 is 0.833 bits per heavy atom. The maximum atomic E-state index is 13.5. The second kappa shape index (κ2) is 11.3. The Morgan fingerprint density at radius 2 is 1.36 bits per heavy atom. The highest BCUT2D eigenvalue weighted by Gasteiger charge is 2.36. The number of nitrogens with zero attached hydrogens (tertiary/aromatic N) is 3. The van der Waals surface area contributed by atoms with E-state index in [0.717, 1.165) is 55.6 Å². The first-order valence-corrected chi connectivity index (χ1v) is 12.8. The van der Waals surface area contributed by atoms with Gasteiger partial charge in [-0.25, -0.2) is 0 Å². The molecule has 0 unspecified atom stereocenters. The van der Waals surface area contributed by atoms with E-state index in [9.17, 15) is 28.8 Å². The average Bonchev–Trinajstić information content (AvgIpc) is 3.45. The molecule has 3 rings (SSSR count). The number of hydrogen-bond donors (Lipinski definition) is 0. The van der Waals surface area contributed by atoms with Crippen molar-refractivity contribution in [3.05, 3.63) is 39.1 Å². The van der Waals surface area contributed by atoms with Gasteiger partial charge >= 0.3 is 17.9 Å². The molecule has 1 amide bonds. The molecule has 2 aromatic rings. The van der Waals surface area contributed by atoms with Gasteiger partial charge in [-0.05, 0) is 6.92 Å². The molecule has 0 aliphatic carbocycles. The molecule has 0 N–H and O–H groups in total. The molecule has 3 heterocycles. The molecule has 0 aromatic carbocycles. The number of carbonyl (C=O) groups excluding carboxylic acids is 4. The summed E-state index contributed by atoms with van der Waals surface area (Å²) < 4.78 is 16.7. The molecular formula is C20H19N3O9S4. The molecule has 0 atom stereocenters. The van der Waals surface area contributed by atoms with Crippen molar-refractivity contribution in [1.29, 1.82) is 0 Å². The lowest BCUT2D eigenvalue weighted by Crippen LogP contribution is -2.36. The lowest BCUT2D eigenvalue weighted by molar-refractivity contribution is -0.143. The summed E-state index contributed by atoms with van der Waals surface area (Å²) >= 11 is 7.91. The number of amides is 1. The Bertz CT molecular complexity index is 1610. The predicted molar refractivity (Wildman–Crippen MR) is 136 cm³/mol. The molecule has 16 heteroatoms. The zero-order valence-corrected chi connectivity index (χ0v) is 22.6. The second-order valence-corrected chi connectivity index (χ2v) is 10.6. The summed E-state index contributed by atoms with van der Waals surface area (Å²) in [7, 11) is 3.48. The van der Waals surface area contributed by atoms with Crippen LogP contribution in [0, 0.1) is 9.20 Å². The van der Waals surface area contributed by atoms with Crippen molar-refractivity contribution in [2.24, 2.45) is 0 Å². The quantitative estimate of drug-likeness (QED) is 0.231. The van der Waals surface area contributed by atoms with E-state index in [2.05, 4.69) is 9.47 Å². The summed E-state index contributed by atoms with van der Waals surface area (Å²) in [5.41, 5.74) is -1.18. The van der Waals surface area contributed by atoms with Crippen LogP contribution in [0.5, 0.6) is 0 Å². The number of ether oxygens (including phenoxy) is 3. The van der Waals surface area contributed by atoms with Gasteiger partial charge < -0.3 is 14.2 Å². The number of thiazole rings is 2. The monoisotopic (exact) mass is 573 g/mol. The summed E-state index contributed by atoms with van der Waals surface area (Å²) in [6.07, 6.45) is 1.54. The standard InChI is InChI=1S/C20H19N3O9S4/c1-5-9-15(27)21(6-10(24)30-2)18(34-9)13-16(28)22(7-11(25)31-3)19(35-13)14-17(29)23(20(33)36-14)8-12(26)32-4/h5H,6-8H2,1-4H3/b9-5+,18-13-,19-14-.